The van der Waals surface area contributed by atoms with Crippen LogP contribution in [0.1, 0.15) is 29.0 Å². The Bertz CT molecular complexity index is 914. The second kappa shape index (κ2) is 7.53. The predicted molar refractivity (Wildman–Crippen MR) is 99.3 cm³/mol. The number of hydrogen-bond acceptors (Lipinski definition) is 3. The number of esters is 1. The number of carbonyl (C=O) groups excluding carboxylic acids is 2. The molecule has 1 atom stereocenters. The van der Waals surface area contributed by atoms with Gasteiger partial charge in [0.1, 0.15) is 5.69 Å². The SMILES string of the molecule is CC(NC(=O)COC(=O)c1cc(Br)c[nH]1)c1cccc2ccccc12. The lowest BCUT2D eigenvalue weighted by molar-refractivity contribution is -0.124. The van der Waals surface area contributed by atoms with Crippen LogP contribution in [0, 0.1) is 0 Å². The molecule has 25 heavy (non-hydrogen) atoms. The van der Waals surface area contributed by atoms with Crippen LogP contribution in [0.15, 0.2) is 59.2 Å². The van der Waals surface area contributed by atoms with Crippen LogP contribution in [0.25, 0.3) is 10.8 Å². The minimum atomic E-state index is -0.571. The number of hydrogen-bond donors (Lipinski definition) is 2. The highest BCUT2D eigenvalue weighted by atomic mass is 79.9. The van der Waals surface area contributed by atoms with Crippen molar-refractivity contribution in [3.05, 3.63) is 70.5 Å². The van der Waals surface area contributed by atoms with Crippen LogP contribution in [0.5, 0.6) is 0 Å². The molecule has 1 aromatic heterocycles. The average molecular weight is 401 g/mol. The molecule has 0 spiro atoms. The number of halogens is 1. The summed E-state index contributed by atoms with van der Waals surface area (Å²) in [7, 11) is 0. The van der Waals surface area contributed by atoms with E-state index in [1.807, 2.05) is 49.4 Å². The minimum Gasteiger partial charge on any atom is -0.451 e. The third-order valence-corrected chi connectivity index (χ3v) is 4.33. The van der Waals surface area contributed by atoms with E-state index in [9.17, 15) is 9.59 Å². The molecule has 0 saturated heterocycles. The third-order valence-electron chi connectivity index (χ3n) is 3.87. The van der Waals surface area contributed by atoms with Gasteiger partial charge in [-0.2, -0.15) is 0 Å². The molecule has 0 fully saturated rings. The van der Waals surface area contributed by atoms with Gasteiger partial charge in [-0.1, -0.05) is 42.5 Å². The van der Waals surface area contributed by atoms with E-state index in [2.05, 4.69) is 26.2 Å². The standard InChI is InChI=1S/C19H17BrN2O3/c1-12(15-8-4-6-13-5-2-3-7-16(13)15)22-18(23)11-25-19(24)17-9-14(20)10-21-17/h2-10,12,21H,11H2,1H3,(H,22,23). The number of benzene rings is 2. The fourth-order valence-electron chi connectivity index (χ4n) is 2.68. The van der Waals surface area contributed by atoms with Gasteiger partial charge in [0.2, 0.25) is 0 Å². The number of carbonyl (C=O) groups is 2. The molecular weight excluding hydrogens is 384 g/mol. The van der Waals surface area contributed by atoms with Crippen LogP contribution >= 0.6 is 15.9 Å². The highest BCUT2D eigenvalue weighted by Gasteiger charge is 2.15. The van der Waals surface area contributed by atoms with Crippen LogP contribution in [0.2, 0.25) is 0 Å². The highest BCUT2D eigenvalue weighted by molar-refractivity contribution is 9.10. The fourth-order valence-corrected chi connectivity index (χ4v) is 3.03. The van der Waals surface area contributed by atoms with Gasteiger partial charge in [-0.3, -0.25) is 4.79 Å². The van der Waals surface area contributed by atoms with E-state index in [0.29, 0.717) is 5.69 Å². The second-order valence-corrected chi connectivity index (χ2v) is 6.58. The lowest BCUT2D eigenvalue weighted by Gasteiger charge is -2.16. The normalized spacial score (nSPS) is 11.9. The number of aromatic amines is 1. The summed E-state index contributed by atoms with van der Waals surface area (Å²) in [5.41, 5.74) is 1.31. The number of nitrogens with one attached hydrogen (secondary N) is 2. The monoisotopic (exact) mass is 400 g/mol. The molecule has 0 radical (unpaired) electrons. The molecule has 0 aliphatic carbocycles. The van der Waals surface area contributed by atoms with Crippen molar-refractivity contribution in [3.8, 4) is 0 Å². The molecule has 0 aliphatic rings. The van der Waals surface area contributed by atoms with Crippen molar-refractivity contribution >= 4 is 38.6 Å². The molecule has 3 aromatic rings. The van der Waals surface area contributed by atoms with Crippen molar-refractivity contribution in [1.29, 1.82) is 0 Å². The van der Waals surface area contributed by atoms with E-state index in [4.69, 9.17) is 4.74 Å². The Kier molecular flexibility index (Phi) is 5.19. The van der Waals surface area contributed by atoms with E-state index >= 15 is 0 Å². The Labute approximate surface area is 153 Å². The van der Waals surface area contributed by atoms with Crippen LogP contribution < -0.4 is 5.32 Å². The average Bonchev–Trinajstić information content (AvgIpc) is 3.05. The van der Waals surface area contributed by atoms with Crippen LogP contribution in [0.3, 0.4) is 0 Å². The van der Waals surface area contributed by atoms with Crippen molar-refractivity contribution in [2.45, 2.75) is 13.0 Å². The Morgan fingerprint density at radius 1 is 1.20 bits per heavy atom. The van der Waals surface area contributed by atoms with Gasteiger partial charge in [-0.25, -0.2) is 4.79 Å². The second-order valence-electron chi connectivity index (χ2n) is 5.67. The molecule has 1 unspecified atom stereocenters. The molecule has 0 aliphatic heterocycles. The first-order chi connectivity index (χ1) is 12.0. The Hall–Kier alpha value is -2.60. The molecule has 1 amide bonds. The van der Waals surface area contributed by atoms with E-state index < -0.39 is 5.97 Å². The first-order valence-corrected chi connectivity index (χ1v) is 8.62. The van der Waals surface area contributed by atoms with Gasteiger partial charge in [0.05, 0.1) is 6.04 Å². The van der Waals surface area contributed by atoms with Crippen molar-refractivity contribution in [2.24, 2.45) is 0 Å². The number of rotatable bonds is 5. The topological polar surface area (TPSA) is 71.2 Å². The van der Waals surface area contributed by atoms with Gasteiger partial charge in [-0.15, -0.1) is 0 Å². The lowest BCUT2D eigenvalue weighted by atomic mass is 10.00. The Balaban J connectivity index is 1.61. The van der Waals surface area contributed by atoms with Crippen molar-refractivity contribution < 1.29 is 14.3 Å². The Morgan fingerprint density at radius 3 is 2.72 bits per heavy atom. The maximum atomic E-state index is 12.1. The largest absolute Gasteiger partial charge is 0.451 e. The van der Waals surface area contributed by atoms with Gasteiger partial charge in [0.25, 0.3) is 5.91 Å². The van der Waals surface area contributed by atoms with E-state index in [1.54, 1.807) is 12.3 Å². The third kappa shape index (κ3) is 4.09. The van der Waals surface area contributed by atoms with Crippen LogP contribution in [-0.2, 0) is 9.53 Å². The molecule has 5 nitrogen and oxygen atoms in total. The zero-order chi connectivity index (χ0) is 17.8. The van der Waals surface area contributed by atoms with Crippen molar-refractivity contribution in [1.82, 2.24) is 10.3 Å². The maximum Gasteiger partial charge on any atom is 0.355 e. The van der Waals surface area contributed by atoms with Gasteiger partial charge >= 0.3 is 5.97 Å². The van der Waals surface area contributed by atoms with E-state index in [-0.39, 0.29) is 18.6 Å². The van der Waals surface area contributed by atoms with E-state index in [1.165, 1.54) is 0 Å². The van der Waals surface area contributed by atoms with Crippen molar-refractivity contribution in [2.75, 3.05) is 6.61 Å². The highest BCUT2D eigenvalue weighted by Crippen LogP contribution is 2.23. The van der Waals surface area contributed by atoms with Crippen LogP contribution in [-0.4, -0.2) is 23.5 Å². The summed E-state index contributed by atoms with van der Waals surface area (Å²) in [6, 6.07) is 15.4. The molecular formula is C19H17BrN2O3. The maximum absolute atomic E-state index is 12.1. The van der Waals surface area contributed by atoms with Crippen molar-refractivity contribution in [3.63, 3.8) is 0 Å². The van der Waals surface area contributed by atoms with Crippen LogP contribution in [0.4, 0.5) is 0 Å². The molecule has 128 valence electrons. The first-order valence-electron chi connectivity index (χ1n) is 7.82. The summed E-state index contributed by atoms with van der Waals surface area (Å²) < 4.78 is 5.77. The first kappa shape index (κ1) is 17.2. The number of ether oxygens (including phenoxy) is 1. The number of fused-ring (bicyclic) bond motifs is 1. The summed E-state index contributed by atoms with van der Waals surface area (Å²) in [4.78, 5) is 26.7. The summed E-state index contributed by atoms with van der Waals surface area (Å²) >= 11 is 3.24. The molecule has 0 bridgehead atoms. The van der Waals surface area contributed by atoms with Gasteiger partial charge < -0.3 is 15.0 Å². The molecule has 2 aromatic carbocycles. The fraction of sp³-hybridized carbons (Fsp3) is 0.158. The smallest absolute Gasteiger partial charge is 0.355 e. The predicted octanol–water partition coefficient (Wildman–Crippen LogP) is 3.96. The van der Waals surface area contributed by atoms with Gasteiger partial charge in [0, 0.05) is 10.7 Å². The zero-order valence-electron chi connectivity index (χ0n) is 13.6. The number of H-pyrrole nitrogens is 1. The number of amides is 1. The van der Waals surface area contributed by atoms with Gasteiger partial charge in [0.15, 0.2) is 6.61 Å². The summed E-state index contributed by atoms with van der Waals surface area (Å²) in [6.07, 6.45) is 1.62. The Morgan fingerprint density at radius 2 is 1.96 bits per heavy atom. The molecule has 1 heterocycles. The molecule has 6 heteroatoms. The number of aromatic nitrogens is 1. The lowest BCUT2D eigenvalue weighted by Crippen LogP contribution is -2.31. The molecule has 2 N–H and O–H groups in total. The summed E-state index contributed by atoms with van der Waals surface area (Å²) in [5, 5.41) is 5.07. The van der Waals surface area contributed by atoms with E-state index in [0.717, 1.165) is 20.8 Å². The van der Waals surface area contributed by atoms with Gasteiger partial charge in [-0.05, 0) is 45.3 Å². The molecule has 3 rings (SSSR count). The zero-order valence-corrected chi connectivity index (χ0v) is 15.2. The summed E-state index contributed by atoms with van der Waals surface area (Å²) in [6.45, 7) is 1.58. The summed E-state index contributed by atoms with van der Waals surface area (Å²) in [5.74, 6) is -0.918. The quantitative estimate of drug-likeness (QED) is 0.636. The molecule has 0 saturated carbocycles. The minimum absolute atomic E-state index is 0.197.